The number of nitrogens with zero attached hydrogens (tertiary/aromatic N) is 1. The second-order valence-corrected chi connectivity index (χ2v) is 6.87. The molecule has 107 valence electrons. The number of hydrogen-bond donors (Lipinski definition) is 0. The molecule has 0 bridgehead atoms. The van der Waals surface area contributed by atoms with Gasteiger partial charge < -0.3 is 8.85 Å². The Morgan fingerprint density at radius 2 is 1.83 bits per heavy atom. The standard InChI is InChI=1S/C14H30NO2Si/c1-7-10-17-18(16-9-3)14(8-2)15-13(6)11-12(4)5/h12,14H,7-11H2,1-6H3/b15-13+. The second kappa shape index (κ2) is 10.7. The minimum atomic E-state index is -1.27. The van der Waals surface area contributed by atoms with Gasteiger partial charge in [0, 0.05) is 18.9 Å². The molecule has 0 aliphatic carbocycles. The van der Waals surface area contributed by atoms with Crippen LogP contribution in [-0.2, 0) is 8.85 Å². The lowest BCUT2D eigenvalue weighted by Crippen LogP contribution is -2.37. The molecule has 0 spiro atoms. The fourth-order valence-electron chi connectivity index (χ4n) is 1.80. The van der Waals surface area contributed by atoms with Gasteiger partial charge in [-0.25, -0.2) is 0 Å². The van der Waals surface area contributed by atoms with Crippen molar-refractivity contribution in [2.24, 2.45) is 10.9 Å². The van der Waals surface area contributed by atoms with Crippen LogP contribution < -0.4 is 0 Å². The van der Waals surface area contributed by atoms with Gasteiger partial charge in [0.15, 0.2) is 0 Å². The topological polar surface area (TPSA) is 30.8 Å². The van der Waals surface area contributed by atoms with E-state index in [0.717, 1.165) is 25.9 Å². The first-order valence-electron chi connectivity index (χ1n) is 7.20. The first-order chi connectivity index (χ1) is 8.54. The fourth-order valence-corrected chi connectivity index (χ4v) is 3.62. The number of hydrogen-bond acceptors (Lipinski definition) is 3. The zero-order valence-electron chi connectivity index (χ0n) is 13.0. The molecule has 0 saturated heterocycles. The van der Waals surface area contributed by atoms with Crippen molar-refractivity contribution >= 4 is 15.0 Å². The molecule has 1 radical (unpaired) electrons. The van der Waals surface area contributed by atoms with Crippen molar-refractivity contribution in [2.45, 2.75) is 66.5 Å². The van der Waals surface area contributed by atoms with Crippen molar-refractivity contribution in [3.63, 3.8) is 0 Å². The Kier molecular flexibility index (Phi) is 10.6. The summed E-state index contributed by atoms with van der Waals surface area (Å²) in [7, 11) is -1.27. The first kappa shape index (κ1) is 17.8. The summed E-state index contributed by atoms with van der Waals surface area (Å²) in [6, 6.07) is 0. The van der Waals surface area contributed by atoms with Crippen LogP contribution in [0.1, 0.15) is 60.8 Å². The Balaban J connectivity index is 4.56. The predicted molar refractivity (Wildman–Crippen MR) is 80.3 cm³/mol. The summed E-state index contributed by atoms with van der Waals surface area (Å²) in [6.07, 6.45) is 3.09. The summed E-state index contributed by atoms with van der Waals surface area (Å²) in [6.45, 7) is 14.4. The molecule has 1 unspecified atom stereocenters. The molecule has 0 aliphatic heterocycles. The average molecular weight is 272 g/mol. The lowest BCUT2D eigenvalue weighted by molar-refractivity contribution is 0.196. The number of rotatable bonds is 10. The highest BCUT2D eigenvalue weighted by Gasteiger charge is 2.26. The van der Waals surface area contributed by atoms with Gasteiger partial charge in [0.2, 0.25) is 0 Å². The van der Waals surface area contributed by atoms with Gasteiger partial charge in [-0.15, -0.1) is 0 Å². The largest absolute Gasteiger partial charge is 0.411 e. The summed E-state index contributed by atoms with van der Waals surface area (Å²) in [5.41, 5.74) is 1.44. The average Bonchev–Trinajstić information content (AvgIpc) is 2.30. The molecule has 0 aromatic heterocycles. The van der Waals surface area contributed by atoms with Crippen molar-refractivity contribution in [3.8, 4) is 0 Å². The molecule has 0 saturated carbocycles. The molecule has 0 aromatic rings. The SMILES string of the molecule is CCCO[Si](OCC)C(CC)/N=C(\C)CC(C)C. The van der Waals surface area contributed by atoms with Crippen molar-refractivity contribution in [1.82, 2.24) is 0 Å². The Labute approximate surface area is 115 Å². The summed E-state index contributed by atoms with van der Waals surface area (Å²) in [5.74, 6) is 0.658. The third kappa shape index (κ3) is 8.00. The van der Waals surface area contributed by atoms with Crippen LogP contribution in [0, 0.1) is 5.92 Å². The predicted octanol–water partition coefficient (Wildman–Crippen LogP) is 3.76. The Bertz CT molecular complexity index is 232. The third-order valence-corrected chi connectivity index (χ3v) is 4.62. The highest BCUT2D eigenvalue weighted by Crippen LogP contribution is 2.10. The van der Waals surface area contributed by atoms with E-state index in [9.17, 15) is 0 Å². The molecule has 0 heterocycles. The first-order valence-corrected chi connectivity index (χ1v) is 8.60. The zero-order chi connectivity index (χ0) is 14.0. The highest BCUT2D eigenvalue weighted by molar-refractivity contribution is 6.46. The van der Waals surface area contributed by atoms with E-state index in [2.05, 4.69) is 34.6 Å². The van der Waals surface area contributed by atoms with E-state index in [0.29, 0.717) is 12.5 Å². The fraction of sp³-hybridized carbons (Fsp3) is 0.929. The highest BCUT2D eigenvalue weighted by atomic mass is 28.3. The maximum atomic E-state index is 5.86. The van der Waals surface area contributed by atoms with Crippen molar-refractivity contribution in [2.75, 3.05) is 13.2 Å². The van der Waals surface area contributed by atoms with E-state index in [1.807, 2.05) is 6.92 Å². The molecular weight excluding hydrogens is 242 g/mol. The van der Waals surface area contributed by atoms with Crippen LogP contribution in [0.2, 0.25) is 0 Å². The minimum Gasteiger partial charge on any atom is -0.392 e. The van der Waals surface area contributed by atoms with E-state index in [4.69, 9.17) is 13.8 Å². The molecule has 0 amide bonds. The molecule has 0 N–H and O–H groups in total. The lowest BCUT2D eigenvalue weighted by atomic mass is 10.1. The molecule has 0 aliphatic rings. The molecule has 0 rings (SSSR count). The van der Waals surface area contributed by atoms with Crippen LogP contribution in [0.3, 0.4) is 0 Å². The summed E-state index contributed by atoms with van der Waals surface area (Å²) in [5, 5.41) is 0. The smallest absolute Gasteiger partial charge is 0.392 e. The Hall–Kier alpha value is -0.193. The van der Waals surface area contributed by atoms with Crippen LogP contribution in [0.25, 0.3) is 0 Å². The molecular formula is C14H30NO2Si. The molecule has 0 fully saturated rings. The second-order valence-electron chi connectivity index (χ2n) is 4.99. The summed E-state index contributed by atoms with van der Waals surface area (Å²) >= 11 is 0. The number of aliphatic imine (C=N–C) groups is 1. The monoisotopic (exact) mass is 272 g/mol. The van der Waals surface area contributed by atoms with Crippen molar-refractivity contribution in [1.29, 1.82) is 0 Å². The van der Waals surface area contributed by atoms with Crippen molar-refractivity contribution in [3.05, 3.63) is 0 Å². The van der Waals surface area contributed by atoms with Gasteiger partial charge in [0.1, 0.15) is 0 Å². The minimum absolute atomic E-state index is 0.222. The normalized spacial score (nSPS) is 14.6. The van der Waals surface area contributed by atoms with E-state index in [1.165, 1.54) is 5.71 Å². The molecule has 4 heteroatoms. The van der Waals surface area contributed by atoms with Gasteiger partial charge in [-0.3, -0.25) is 4.99 Å². The quantitative estimate of drug-likeness (QED) is 0.448. The van der Waals surface area contributed by atoms with Gasteiger partial charge in [0.05, 0.1) is 5.67 Å². The van der Waals surface area contributed by atoms with Gasteiger partial charge >= 0.3 is 9.28 Å². The van der Waals surface area contributed by atoms with Crippen LogP contribution in [0.4, 0.5) is 0 Å². The van der Waals surface area contributed by atoms with Crippen LogP contribution in [0.5, 0.6) is 0 Å². The Morgan fingerprint density at radius 3 is 2.28 bits per heavy atom. The molecule has 1 atom stereocenters. The molecule has 3 nitrogen and oxygen atoms in total. The van der Waals surface area contributed by atoms with E-state index < -0.39 is 9.28 Å². The van der Waals surface area contributed by atoms with E-state index >= 15 is 0 Å². The van der Waals surface area contributed by atoms with Crippen LogP contribution in [-0.4, -0.2) is 33.9 Å². The maximum Gasteiger partial charge on any atom is 0.411 e. The van der Waals surface area contributed by atoms with Gasteiger partial charge in [-0.05, 0) is 39.0 Å². The molecule has 18 heavy (non-hydrogen) atoms. The van der Waals surface area contributed by atoms with Crippen LogP contribution >= 0.6 is 0 Å². The maximum absolute atomic E-state index is 5.86. The molecule has 0 aromatic carbocycles. The Morgan fingerprint density at radius 1 is 1.17 bits per heavy atom. The third-order valence-electron chi connectivity index (χ3n) is 2.47. The van der Waals surface area contributed by atoms with E-state index in [1.54, 1.807) is 0 Å². The van der Waals surface area contributed by atoms with Crippen LogP contribution in [0.15, 0.2) is 4.99 Å². The van der Waals surface area contributed by atoms with Gasteiger partial charge in [-0.1, -0.05) is 27.7 Å². The zero-order valence-corrected chi connectivity index (χ0v) is 14.0. The summed E-state index contributed by atoms with van der Waals surface area (Å²) in [4.78, 5) is 4.82. The summed E-state index contributed by atoms with van der Waals surface area (Å²) < 4.78 is 11.6. The van der Waals surface area contributed by atoms with Gasteiger partial charge in [-0.2, -0.15) is 0 Å². The lowest BCUT2D eigenvalue weighted by Gasteiger charge is -2.20. The van der Waals surface area contributed by atoms with Crippen molar-refractivity contribution < 1.29 is 8.85 Å². The van der Waals surface area contributed by atoms with E-state index in [-0.39, 0.29) is 5.67 Å². The van der Waals surface area contributed by atoms with Gasteiger partial charge in [0.25, 0.3) is 0 Å².